The fourth-order valence-electron chi connectivity index (χ4n) is 2.57. The highest BCUT2D eigenvalue weighted by atomic mass is 32.1. The molecule has 0 amide bonds. The van der Waals surface area contributed by atoms with Crippen molar-refractivity contribution in [1.29, 1.82) is 0 Å². The van der Waals surface area contributed by atoms with E-state index in [0.29, 0.717) is 12.4 Å². The first-order valence-corrected chi connectivity index (χ1v) is 8.29. The van der Waals surface area contributed by atoms with Gasteiger partial charge in [-0.05, 0) is 43.7 Å². The van der Waals surface area contributed by atoms with Gasteiger partial charge in [-0.3, -0.25) is 4.90 Å². The summed E-state index contributed by atoms with van der Waals surface area (Å²) in [6, 6.07) is 5.98. The van der Waals surface area contributed by atoms with E-state index in [1.807, 2.05) is 5.38 Å². The molecule has 1 aromatic carbocycles. The van der Waals surface area contributed by atoms with Crippen molar-refractivity contribution >= 4 is 11.3 Å². The lowest BCUT2D eigenvalue weighted by atomic mass is 10.1. The number of ether oxygens (including phenoxy) is 1. The van der Waals surface area contributed by atoms with Crippen LogP contribution < -0.4 is 4.74 Å². The number of benzene rings is 1. The first-order chi connectivity index (χ1) is 10.7. The second-order valence-electron chi connectivity index (χ2n) is 5.51. The molecule has 2 heterocycles. The molecule has 1 aliphatic rings. The summed E-state index contributed by atoms with van der Waals surface area (Å²) in [4.78, 5) is 6.79. The highest BCUT2D eigenvalue weighted by Gasteiger charge is 2.18. The minimum Gasteiger partial charge on any atom is -0.486 e. The summed E-state index contributed by atoms with van der Waals surface area (Å²) in [7, 11) is 0. The number of hydrogen-bond acceptors (Lipinski definition) is 5. The molecule has 1 unspecified atom stereocenters. The van der Waals surface area contributed by atoms with Gasteiger partial charge in [0.05, 0.1) is 11.8 Å². The topological polar surface area (TPSA) is 45.6 Å². The molecular formula is C16H19FN2O2S. The Morgan fingerprint density at radius 1 is 1.36 bits per heavy atom. The molecule has 0 aliphatic carbocycles. The number of thiazole rings is 1. The van der Waals surface area contributed by atoms with Crippen molar-refractivity contribution in [2.24, 2.45) is 0 Å². The fraction of sp³-hybridized carbons (Fsp3) is 0.438. The van der Waals surface area contributed by atoms with Crippen LogP contribution in [0, 0.1) is 5.82 Å². The van der Waals surface area contributed by atoms with Gasteiger partial charge in [0.1, 0.15) is 23.2 Å². The Kier molecular flexibility index (Phi) is 5.02. The quantitative estimate of drug-likeness (QED) is 0.919. The monoisotopic (exact) mass is 322 g/mol. The van der Waals surface area contributed by atoms with Crippen molar-refractivity contribution in [3.8, 4) is 5.75 Å². The Bertz CT molecular complexity index is 602. The van der Waals surface area contributed by atoms with E-state index in [1.165, 1.54) is 12.1 Å². The number of aliphatic hydroxyl groups excluding tert-OH is 1. The lowest BCUT2D eigenvalue weighted by Gasteiger charge is -2.29. The van der Waals surface area contributed by atoms with Crippen LogP contribution in [0.25, 0.3) is 0 Å². The highest BCUT2D eigenvalue weighted by molar-refractivity contribution is 7.09. The summed E-state index contributed by atoms with van der Waals surface area (Å²) >= 11 is 1.56. The van der Waals surface area contributed by atoms with Gasteiger partial charge in [0, 0.05) is 18.5 Å². The molecule has 0 saturated carbocycles. The average Bonchev–Trinajstić information content (AvgIpc) is 2.94. The first-order valence-electron chi connectivity index (χ1n) is 7.41. The molecule has 1 aromatic heterocycles. The Labute approximate surface area is 133 Å². The summed E-state index contributed by atoms with van der Waals surface area (Å²) in [5, 5.41) is 12.6. The van der Waals surface area contributed by atoms with Crippen LogP contribution in [0.5, 0.6) is 5.75 Å². The van der Waals surface area contributed by atoms with Crippen LogP contribution in [0.2, 0.25) is 0 Å². The van der Waals surface area contributed by atoms with E-state index in [0.717, 1.165) is 43.2 Å². The van der Waals surface area contributed by atoms with Crippen LogP contribution in [0.1, 0.15) is 23.5 Å². The van der Waals surface area contributed by atoms with E-state index in [-0.39, 0.29) is 11.9 Å². The van der Waals surface area contributed by atoms with Crippen molar-refractivity contribution in [1.82, 2.24) is 9.88 Å². The molecule has 0 spiro atoms. The SMILES string of the molecule is OC1CCCN(Cc2csc(COc3ccc(F)cc3)n2)C1. The van der Waals surface area contributed by atoms with Crippen LogP contribution in [-0.4, -0.2) is 34.2 Å². The van der Waals surface area contributed by atoms with Crippen molar-refractivity contribution in [2.45, 2.75) is 32.1 Å². The van der Waals surface area contributed by atoms with Gasteiger partial charge in [0.2, 0.25) is 0 Å². The third-order valence-corrected chi connectivity index (χ3v) is 4.51. The minimum atomic E-state index is -0.271. The van der Waals surface area contributed by atoms with Gasteiger partial charge in [0.15, 0.2) is 0 Å². The lowest BCUT2D eigenvalue weighted by Crippen LogP contribution is -2.37. The summed E-state index contributed by atoms with van der Waals surface area (Å²) in [6.45, 7) is 2.89. The maximum Gasteiger partial charge on any atom is 0.140 e. The summed E-state index contributed by atoms with van der Waals surface area (Å²) in [6.07, 6.45) is 1.71. The van der Waals surface area contributed by atoms with Gasteiger partial charge >= 0.3 is 0 Å². The smallest absolute Gasteiger partial charge is 0.140 e. The zero-order chi connectivity index (χ0) is 15.4. The molecule has 0 bridgehead atoms. The second kappa shape index (κ2) is 7.17. The molecule has 1 saturated heterocycles. The molecule has 2 aromatic rings. The standard InChI is InChI=1S/C16H19FN2O2S/c17-12-3-5-15(6-4-12)21-10-16-18-13(11-22-16)8-19-7-1-2-14(20)9-19/h3-6,11,14,20H,1-2,7-10H2. The van der Waals surface area contributed by atoms with E-state index < -0.39 is 0 Å². The molecule has 118 valence electrons. The number of likely N-dealkylation sites (tertiary alicyclic amines) is 1. The molecule has 4 nitrogen and oxygen atoms in total. The zero-order valence-corrected chi connectivity index (χ0v) is 13.1. The van der Waals surface area contributed by atoms with E-state index in [4.69, 9.17) is 4.74 Å². The second-order valence-corrected chi connectivity index (χ2v) is 6.45. The third kappa shape index (κ3) is 4.25. The number of aromatic nitrogens is 1. The Balaban J connectivity index is 1.51. The number of piperidine rings is 1. The lowest BCUT2D eigenvalue weighted by molar-refractivity contribution is 0.0662. The normalized spacial score (nSPS) is 19.3. The maximum absolute atomic E-state index is 12.8. The number of hydrogen-bond donors (Lipinski definition) is 1. The van der Waals surface area contributed by atoms with Crippen LogP contribution in [0.4, 0.5) is 4.39 Å². The van der Waals surface area contributed by atoms with Crippen LogP contribution in [-0.2, 0) is 13.2 Å². The van der Waals surface area contributed by atoms with Gasteiger partial charge in [-0.25, -0.2) is 9.37 Å². The van der Waals surface area contributed by atoms with Crippen LogP contribution >= 0.6 is 11.3 Å². The highest BCUT2D eigenvalue weighted by Crippen LogP contribution is 2.18. The van der Waals surface area contributed by atoms with E-state index >= 15 is 0 Å². The van der Waals surface area contributed by atoms with Gasteiger partial charge in [-0.2, -0.15) is 0 Å². The largest absolute Gasteiger partial charge is 0.486 e. The predicted octanol–water partition coefficient (Wildman–Crippen LogP) is 2.82. The molecule has 1 N–H and O–H groups in total. The number of halogens is 1. The molecule has 1 aliphatic heterocycles. The Hall–Kier alpha value is -1.50. The van der Waals surface area contributed by atoms with Gasteiger partial charge in [-0.1, -0.05) is 0 Å². The number of rotatable bonds is 5. The summed E-state index contributed by atoms with van der Waals surface area (Å²) in [5.74, 6) is 0.366. The van der Waals surface area contributed by atoms with Crippen molar-refractivity contribution in [3.63, 3.8) is 0 Å². The maximum atomic E-state index is 12.8. The predicted molar refractivity (Wildman–Crippen MR) is 83.4 cm³/mol. The van der Waals surface area contributed by atoms with E-state index in [9.17, 15) is 9.50 Å². The van der Waals surface area contributed by atoms with E-state index in [1.54, 1.807) is 23.5 Å². The Morgan fingerprint density at radius 2 is 2.18 bits per heavy atom. The van der Waals surface area contributed by atoms with Gasteiger partial charge < -0.3 is 9.84 Å². The van der Waals surface area contributed by atoms with Crippen molar-refractivity contribution < 1.29 is 14.2 Å². The zero-order valence-electron chi connectivity index (χ0n) is 12.2. The summed E-state index contributed by atoms with van der Waals surface area (Å²) in [5.41, 5.74) is 1.01. The van der Waals surface area contributed by atoms with Gasteiger partial charge in [-0.15, -0.1) is 11.3 Å². The molecule has 0 radical (unpaired) electrons. The fourth-order valence-corrected chi connectivity index (χ4v) is 3.26. The molecule has 1 atom stereocenters. The molecule has 22 heavy (non-hydrogen) atoms. The average molecular weight is 322 g/mol. The molecule has 1 fully saturated rings. The molecule has 6 heteroatoms. The van der Waals surface area contributed by atoms with E-state index in [2.05, 4.69) is 9.88 Å². The third-order valence-electron chi connectivity index (χ3n) is 3.64. The Morgan fingerprint density at radius 3 is 2.95 bits per heavy atom. The molecule has 3 rings (SSSR count). The minimum absolute atomic E-state index is 0.214. The first kappa shape index (κ1) is 15.4. The van der Waals surface area contributed by atoms with Crippen molar-refractivity contribution in [3.05, 3.63) is 46.2 Å². The summed E-state index contributed by atoms with van der Waals surface area (Å²) < 4.78 is 18.4. The van der Waals surface area contributed by atoms with Gasteiger partial charge in [0.25, 0.3) is 0 Å². The van der Waals surface area contributed by atoms with Crippen LogP contribution in [0.15, 0.2) is 29.6 Å². The van der Waals surface area contributed by atoms with Crippen molar-refractivity contribution in [2.75, 3.05) is 13.1 Å². The molecular weight excluding hydrogens is 303 g/mol. The number of aliphatic hydroxyl groups is 1. The number of nitrogens with zero attached hydrogens (tertiary/aromatic N) is 2. The van der Waals surface area contributed by atoms with Crippen LogP contribution in [0.3, 0.4) is 0 Å². The number of β-amino-alcohol motifs (C(OH)–C–C–N with tert-alkyl or cyclic N) is 1.